The number of hydrogen-bond donors (Lipinski definition) is 0. The van der Waals surface area contributed by atoms with E-state index in [0.717, 1.165) is 11.1 Å². The van der Waals surface area contributed by atoms with E-state index in [1.165, 1.54) is 11.6 Å². The van der Waals surface area contributed by atoms with Gasteiger partial charge in [-0.25, -0.2) is 4.79 Å². The third kappa shape index (κ3) is 4.14. The molecule has 0 saturated heterocycles. The number of rotatable bonds is 5. The van der Waals surface area contributed by atoms with Crippen molar-refractivity contribution in [2.45, 2.75) is 13.5 Å². The van der Waals surface area contributed by atoms with Crippen LogP contribution in [0, 0.1) is 6.92 Å². The van der Waals surface area contributed by atoms with Crippen LogP contribution in [0.25, 0.3) is 17.5 Å². The number of benzene rings is 1. The minimum atomic E-state index is -0.458. The molecule has 0 bridgehead atoms. The summed E-state index contributed by atoms with van der Waals surface area (Å²) in [5, 5.41) is 7.70. The number of nitrogens with zero attached hydrogens (tertiary/aromatic N) is 2. The fourth-order valence-corrected chi connectivity index (χ4v) is 2.48. The Hall–Kier alpha value is -2.73. The molecular formula is C17H14N2O3S. The summed E-state index contributed by atoms with van der Waals surface area (Å²) >= 11 is 1.55. The molecule has 0 N–H and O–H groups in total. The fourth-order valence-electron chi connectivity index (χ4n) is 1.85. The molecule has 3 rings (SSSR count). The number of aryl methyl sites for hydroxylation is 1. The highest BCUT2D eigenvalue weighted by Crippen LogP contribution is 2.18. The highest BCUT2D eigenvalue weighted by molar-refractivity contribution is 7.08. The van der Waals surface area contributed by atoms with Gasteiger partial charge in [0.2, 0.25) is 5.82 Å². The number of ether oxygens (including phenoxy) is 1. The monoisotopic (exact) mass is 326 g/mol. The van der Waals surface area contributed by atoms with Crippen LogP contribution in [0.3, 0.4) is 0 Å². The molecule has 0 aliphatic rings. The summed E-state index contributed by atoms with van der Waals surface area (Å²) in [4.78, 5) is 15.9. The van der Waals surface area contributed by atoms with E-state index in [2.05, 4.69) is 10.1 Å². The average Bonchev–Trinajstić information content (AvgIpc) is 3.23. The van der Waals surface area contributed by atoms with Crippen LogP contribution < -0.4 is 0 Å². The second kappa shape index (κ2) is 7.02. The SMILES string of the molecule is Cc1ccc(/C=C/C(=O)OCc2nc(-c3ccsc3)no2)cc1. The number of carbonyl (C=O) groups is 1. The second-order valence-corrected chi connectivity index (χ2v) is 5.66. The highest BCUT2D eigenvalue weighted by Gasteiger charge is 2.10. The lowest BCUT2D eigenvalue weighted by atomic mass is 10.1. The third-order valence-electron chi connectivity index (χ3n) is 3.07. The zero-order valence-corrected chi connectivity index (χ0v) is 13.2. The maximum absolute atomic E-state index is 11.7. The summed E-state index contributed by atoms with van der Waals surface area (Å²) in [5.41, 5.74) is 2.99. The number of thiophene rings is 1. The van der Waals surface area contributed by atoms with E-state index in [0.29, 0.717) is 5.82 Å². The van der Waals surface area contributed by atoms with Crippen LogP contribution in [0.15, 0.2) is 51.7 Å². The van der Waals surface area contributed by atoms with Crippen LogP contribution in [0.2, 0.25) is 0 Å². The van der Waals surface area contributed by atoms with Crippen LogP contribution in [0.5, 0.6) is 0 Å². The summed E-state index contributed by atoms with van der Waals surface area (Å²) in [6.45, 7) is 1.96. The molecule has 1 aromatic carbocycles. The second-order valence-electron chi connectivity index (χ2n) is 4.88. The lowest BCUT2D eigenvalue weighted by molar-refractivity contribution is -0.139. The van der Waals surface area contributed by atoms with Gasteiger partial charge in [0.15, 0.2) is 6.61 Å². The first-order valence-corrected chi connectivity index (χ1v) is 7.91. The Morgan fingerprint density at radius 1 is 1.30 bits per heavy atom. The standard InChI is InChI=1S/C17H14N2O3S/c1-12-2-4-13(5-3-12)6-7-16(20)21-10-15-18-17(19-22-15)14-8-9-23-11-14/h2-9,11H,10H2,1H3/b7-6+. The van der Waals surface area contributed by atoms with Crippen molar-refractivity contribution in [3.05, 3.63) is 64.2 Å². The summed E-state index contributed by atoms with van der Waals surface area (Å²) < 4.78 is 10.1. The normalized spacial score (nSPS) is 11.0. The van der Waals surface area contributed by atoms with Crippen LogP contribution in [0.1, 0.15) is 17.0 Å². The Morgan fingerprint density at radius 2 is 2.13 bits per heavy atom. The molecule has 5 nitrogen and oxygen atoms in total. The van der Waals surface area contributed by atoms with Crippen molar-refractivity contribution in [1.82, 2.24) is 10.1 Å². The predicted molar refractivity (Wildman–Crippen MR) is 87.6 cm³/mol. The molecule has 0 radical (unpaired) electrons. The summed E-state index contributed by atoms with van der Waals surface area (Å²) in [7, 11) is 0. The first kappa shape index (κ1) is 15.2. The molecule has 6 heteroatoms. The van der Waals surface area contributed by atoms with Crippen LogP contribution in [0.4, 0.5) is 0 Å². The number of aromatic nitrogens is 2. The van der Waals surface area contributed by atoms with E-state index >= 15 is 0 Å². The summed E-state index contributed by atoms with van der Waals surface area (Å²) in [6, 6.07) is 9.73. The fraction of sp³-hybridized carbons (Fsp3) is 0.118. The van der Waals surface area contributed by atoms with Gasteiger partial charge >= 0.3 is 5.97 Å². The van der Waals surface area contributed by atoms with Crippen LogP contribution >= 0.6 is 11.3 Å². The number of carbonyl (C=O) groups excluding carboxylic acids is 1. The Bertz CT molecular complexity index is 805. The molecule has 23 heavy (non-hydrogen) atoms. The molecule has 0 atom stereocenters. The first-order valence-electron chi connectivity index (χ1n) is 6.97. The van der Waals surface area contributed by atoms with Crippen LogP contribution in [-0.4, -0.2) is 16.1 Å². The molecule has 0 fully saturated rings. The Labute approximate surface area is 137 Å². The molecule has 0 unspecified atom stereocenters. The molecule has 2 heterocycles. The lowest BCUT2D eigenvalue weighted by Gasteiger charge is -1.97. The third-order valence-corrected chi connectivity index (χ3v) is 3.76. The topological polar surface area (TPSA) is 65.2 Å². The maximum Gasteiger partial charge on any atom is 0.331 e. The zero-order valence-electron chi connectivity index (χ0n) is 12.4. The minimum Gasteiger partial charge on any atom is -0.452 e. The molecule has 0 saturated carbocycles. The van der Waals surface area contributed by atoms with Gasteiger partial charge < -0.3 is 9.26 Å². The lowest BCUT2D eigenvalue weighted by Crippen LogP contribution is -2.00. The van der Waals surface area contributed by atoms with Gasteiger partial charge in [0.25, 0.3) is 5.89 Å². The van der Waals surface area contributed by atoms with Crippen molar-refractivity contribution in [2.24, 2.45) is 0 Å². The zero-order chi connectivity index (χ0) is 16.1. The van der Waals surface area contributed by atoms with Crippen molar-refractivity contribution >= 4 is 23.4 Å². The van der Waals surface area contributed by atoms with E-state index in [9.17, 15) is 4.79 Å². The van der Waals surface area contributed by atoms with Crippen molar-refractivity contribution in [1.29, 1.82) is 0 Å². The van der Waals surface area contributed by atoms with Crippen molar-refractivity contribution in [3.63, 3.8) is 0 Å². The van der Waals surface area contributed by atoms with E-state index < -0.39 is 5.97 Å². The highest BCUT2D eigenvalue weighted by atomic mass is 32.1. The van der Waals surface area contributed by atoms with E-state index in [1.807, 2.05) is 48.0 Å². The van der Waals surface area contributed by atoms with Crippen molar-refractivity contribution < 1.29 is 14.1 Å². The minimum absolute atomic E-state index is 0.0474. The largest absolute Gasteiger partial charge is 0.452 e. The molecule has 2 aromatic heterocycles. The van der Waals surface area contributed by atoms with Crippen molar-refractivity contribution in [3.8, 4) is 11.4 Å². The smallest absolute Gasteiger partial charge is 0.331 e. The summed E-state index contributed by atoms with van der Waals surface area (Å²) in [6.07, 6.45) is 3.08. The summed E-state index contributed by atoms with van der Waals surface area (Å²) in [5.74, 6) is 0.302. The van der Waals surface area contributed by atoms with Gasteiger partial charge in [0.05, 0.1) is 0 Å². The number of hydrogen-bond acceptors (Lipinski definition) is 6. The Kier molecular flexibility index (Phi) is 4.63. The van der Waals surface area contributed by atoms with Gasteiger partial charge in [-0.15, -0.1) is 0 Å². The molecule has 0 aliphatic heterocycles. The number of esters is 1. The quantitative estimate of drug-likeness (QED) is 0.526. The molecule has 116 valence electrons. The molecule has 0 aliphatic carbocycles. The van der Waals surface area contributed by atoms with E-state index in [4.69, 9.17) is 9.26 Å². The van der Waals surface area contributed by atoms with Gasteiger partial charge in [0.1, 0.15) is 0 Å². The Morgan fingerprint density at radius 3 is 2.87 bits per heavy atom. The molecule has 0 amide bonds. The average molecular weight is 326 g/mol. The predicted octanol–water partition coefficient (Wildman–Crippen LogP) is 3.86. The maximum atomic E-state index is 11.7. The van der Waals surface area contributed by atoms with Crippen LogP contribution in [-0.2, 0) is 16.1 Å². The van der Waals surface area contributed by atoms with E-state index in [1.54, 1.807) is 17.4 Å². The molecule has 0 spiro atoms. The van der Waals surface area contributed by atoms with Gasteiger partial charge in [-0.1, -0.05) is 35.0 Å². The van der Waals surface area contributed by atoms with Crippen molar-refractivity contribution in [2.75, 3.05) is 0 Å². The molecular weight excluding hydrogens is 312 g/mol. The van der Waals surface area contributed by atoms with Gasteiger partial charge in [-0.05, 0) is 30.0 Å². The van der Waals surface area contributed by atoms with Gasteiger partial charge in [0, 0.05) is 17.0 Å². The molecule has 3 aromatic rings. The Balaban J connectivity index is 1.54. The van der Waals surface area contributed by atoms with Gasteiger partial charge in [-0.2, -0.15) is 16.3 Å². The first-order chi connectivity index (χ1) is 11.2. The van der Waals surface area contributed by atoms with E-state index in [-0.39, 0.29) is 12.5 Å². The van der Waals surface area contributed by atoms with Gasteiger partial charge in [-0.3, -0.25) is 0 Å².